The summed E-state index contributed by atoms with van der Waals surface area (Å²) in [7, 11) is 0. The zero-order valence-electron chi connectivity index (χ0n) is 12.3. The van der Waals surface area contributed by atoms with Gasteiger partial charge in [0.15, 0.2) is 0 Å². The molecule has 1 saturated carbocycles. The van der Waals surface area contributed by atoms with Crippen molar-refractivity contribution in [3.05, 3.63) is 29.3 Å². The summed E-state index contributed by atoms with van der Waals surface area (Å²) in [6.45, 7) is 6.57. The lowest BCUT2D eigenvalue weighted by atomic mass is 9.78. The molecule has 0 aliphatic heterocycles. The van der Waals surface area contributed by atoms with E-state index in [1.165, 1.54) is 5.56 Å². The van der Waals surface area contributed by atoms with Gasteiger partial charge in [0.25, 0.3) is 0 Å². The minimum absolute atomic E-state index is 0.0993. The van der Waals surface area contributed by atoms with E-state index < -0.39 is 0 Å². The molecule has 1 aliphatic rings. The lowest BCUT2D eigenvalue weighted by Crippen LogP contribution is -2.19. The molecule has 2 heteroatoms. The predicted octanol–water partition coefficient (Wildman–Crippen LogP) is 4.10. The first-order chi connectivity index (χ1) is 8.94. The third-order valence-corrected chi connectivity index (χ3v) is 4.78. The quantitative estimate of drug-likeness (QED) is 0.861. The number of phenols is 1. The van der Waals surface area contributed by atoms with Crippen LogP contribution in [0.25, 0.3) is 0 Å². The van der Waals surface area contributed by atoms with Crippen molar-refractivity contribution in [2.75, 3.05) is 0 Å². The lowest BCUT2D eigenvalue weighted by Gasteiger charge is -2.28. The van der Waals surface area contributed by atoms with Crippen molar-refractivity contribution in [2.24, 2.45) is 0 Å². The normalized spacial score (nSPS) is 24.4. The Balaban J connectivity index is 2.24. The molecule has 1 aromatic carbocycles. The van der Waals surface area contributed by atoms with Crippen LogP contribution >= 0.6 is 0 Å². The van der Waals surface area contributed by atoms with E-state index in [0.29, 0.717) is 11.7 Å². The summed E-state index contributed by atoms with van der Waals surface area (Å²) in [5.41, 5.74) is 2.30. The summed E-state index contributed by atoms with van der Waals surface area (Å²) in [5, 5.41) is 20.1. The van der Waals surface area contributed by atoms with E-state index in [9.17, 15) is 10.2 Å². The highest BCUT2D eigenvalue weighted by Crippen LogP contribution is 2.39. The van der Waals surface area contributed by atoms with Crippen LogP contribution in [0, 0.1) is 0 Å². The summed E-state index contributed by atoms with van der Waals surface area (Å²) in [4.78, 5) is 0. The molecular formula is C17H26O2. The molecule has 1 aliphatic carbocycles. The van der Waals surface area contributed by atoms with E-state index in [4.69, 9.17) is 0 Å². The second-order valence-corrected chi connectivity index (χ2v) is 6.53. The van der Waals surface area contributed by atoms with Crippen LogP contribution in [0.2, 0.25) is 0 Å². The molecule has 19 heavy (non-hydrogen) atoms. The Bertz CT molecular complexity index is 437. The largest absolute Gasteiger partial charge is 0.508 e. The van der Waals surface area contributed by atoms with Crippen LogP contribution in [0.15, 0.2) is 18.2 Å². The maximum atomic E-state index is 10.3. The topological polar surface area (TPSA) is 40.5 Å². The molecule has 2 atom stereocenters. The average Bonchev–Trinajstić information content (AvgIpc) is 2.38. The van der Waals surface area contributed by atoms with Crippen LogP contribution in [0.5, 0.6) is 5.75 Å². The average molecular weight is 262 g/mol. The molecule has 0 aromatic heterocycles. The summed E-state index contributed by atoms with van der Waals surface area (Å²) in [6, 6.07) is 6.12. The predicted molar refractivity (Wildman–Crippen MR) is 78.6 cm³/mol. The molecule has 1 fully saturated rings. The van der Waals surface area contributed by atoms with Gasteiger partial charge in [0, 0.05) is 0 Å². The molecule has 0 spiro atoms. The van der Waals surface area contributed by atoms with Gasteiger partial charge in [0.1, 0.15) is 5.75 Å². The van der Waals surface area contributed by atoms with Gasteiger partial charge in [-0.25, -0.2) is 0 Å². The van der Waals surface area contributed by atoms with E-state index in [0.717, 1.165) is 37.7 Å². The number of aromatic hydroxyl groups is 1. The van der Waals surface area contributed by atoms with Crippen LogP contribution in [0.1, 0.15) is 69.9 Å². The summed E-state index contributed by atoms with van der Waals surface area (Å²) >= 11 is 0. The number of rotatable bonds is 3. The highest BCUT2D eigenvalue weighted by atomic mass is 16.3. The number of benzene rings is 1. The van der Waals surface area contributed by atoms with Crippen molar-refractivity contribution >= 4 is 0 Å². The van der Waals surface area contributed by atoms with Crippen molar-refractivity contribution in [1.29, 1.82) is 0 Å². The third kappa shape index (κ3) is 3.11. The smallest absolute Gasteiger partial charge is 0.119 e. The molecule has 106 valence electrons. The van der Waals surface area contributed by atoms with E-state index >= 15 is 0 Å². The number of phenolic OH excluding ortho intramolecular Hbond substituents is 1. The van der Waals surface area contributed by atoms with Crippen molar-refractivity contribution in [2.45, 2.75) is 70.3 Å². The monoisotopic (exact) mass is 262 g/mol. The molecule has 2 nitrogen and oxygen atoms in total. The first-order valence-corrected chi connectivity index (χ1v) is 7.45. The first kappa shape index (κ1) is 14.4. The Kier molecular flexibility index (Phi) is 4.19. The van der Waals surface area contributed by atoms with Gasteiger partial charge in [-0.05, 0) is 54.2 Å². The summed E-state index contributed by atoms with van der Waals surface area (Å²) in [5.74, 6) is 0.709. The molecule has 0 amide bonds. The van der Waals surface area contributed by atoms with Gasteiger partial charge >= 0.3 is 0 Å². The van der Waals surface area contributed by atoms with Crippen molar-refractivity contribution in [3.8, 4) is 5.75 Å². The van der Waals surface area contributed by atoms with E-state index in [1.807, 2.05) is 6.07 Å². The number of aliphatic hydroxyl groups excluding tert-OH is 1. The second-order valence-electron chi connectivity index (χ2n) is 6.53. The van der Waals surface area contributed by atoms with Gasteiger partial charge in [-0.3, -0.25) is 0 Å². The molecule has 0 saturated heterocycles. The Morgan fingerprint density at radius 1 is 1.26 bits per heavy atom. The van der Waals surface area contributed by atoms with Crippen molar-refractivity contribution in [3.63, 3.8) is 0 Å². The van der Waals surface area contributed by atoms with Crippen LogP contribution < -0.4 is 0 Å². The molecule has 0 bridgehead atoms. The highest BCUT2D eigenvalue weighted by Gasteiger charge is 2.25. The number of aliphatic hydroxyl groups is 1. The second kappa shape index (κ2) is 5.54. The Labute approximate surface area is 116 Å². The molecule has 0 radical (unpaired) electrons. The fourth-order valence-electron chi connectivity index (χ4n) is 2.96. The number of hydrogen-bond donors (Lipinski definition) is 2. The van der Waals surface area contributed by atoms with Crippen molar-refractivity contribution in [1.82, 2.24) is 0 Å². The van der Waals surface area contributed by atoms with E-state index in [2.05, 4.69) is 32.9 Å². The minimum atomic E-state index is -0.204. The SMILES string of the molecule is CCC(C)(C)c1ccc([C@H]2CCC[C@H](O)C2)c(O)c1. The van der Waals surface area contributed by atoms with Gasteiger partial charge in [0.2, 0.25) is 0 Å². The van der Waals surface area contributed by atoms with E-state index in [-0.39, 0.29) is 11.5 Å². The van der Waals surface area contributed by atoms with E-state index in [1.54, 1.807) is 0 Å². The maximum absolute atomic E-state index is 10.3. The molecule has 0 unspecified atom stereocenters. The summed E-state index contributed by atoms with van der Waals surface area (Å²) < 4.78 is 0. The third-order valence-electron chi connectivity index (χ3n) is 4.78. The fourth-order valence-corrected chi connectivity index (χ4v) is 2.96. The molecule has 1 aromatic rings. The minimum Gasteiger partial charge on any atom is -0.508 e. The number of hydrogen-bond acceptors (Lipinski definition) is 2. The zero-order chi connectivity index (χ0) is 14.0. The Morgan fingerprint density at radius 3 is 2.58 bits per heavy atom. The maximum Gasteiger partial charge on any atom is 0.119 e. The molecule has 2 rings (SSSR count). The van der Waals surface area contributed by atoms with Crippen LogP contribution in [-0.4, -0.2) is 16.3 Å². The standard InChI is InChI=1S/C17H26O2/c1-4-17(2,3)13-8-9-15(16(19)11-13)12-6-5-7-14(18)10-12/h8-9,11-12,14,18-19H,4-7,10H2,1-3H3/t12-,14-/m0/s1. The van der Waals surface area contributed by atoms with Gasteiger partial charge in [0.05, 0.1) is 6.10 Å². The van der Waals surface area contributed by atoms with Crippen LogP contribution in [0.4, 0.5) is 0 Å². The Morgan fingerprint density at radius 2 is 2.00 bits per heavy atom. The molecular weight excluding hydrogens is 236 g/mol. The highest BCUT2D eigenvalue weighted by molar-refractivity contribution is 5.41. The molecule has 0 heterocycles. The van der Waals surface area contributed by atoms with Crippen molar-refractivity contribution < 1.29 is 10.2 Å². The fraction of sp³-hybridized carbons (Fsp3) is 0.647. The zero-order valence-corrected chi connectivity index (χ0v) is 12.3. The lowest BCUT2D eigenvalue weighted by molar-refractivity contribution is 0.119. The van der Waals surface area contributed by atoms with Gasteiger partial charge in [-0.15, -0.1) is 0 Å². The van der Waals surface area contributed by atoms with Crippen LogP contribution in [-0.2, 0) is 5.41 Å². The Hall–Kier alpha value is -1.02. The molecule has 2 N–H and O–H groups in total. The summed E-state index contributed by atoms with van der Waals surface area (Å²) in [6.07, 6.45) is 4.65. The van der Waals surface area contributed by atoms with Gasteiger partial charge in [-0.2, -0.15) is 0 Å². The van der Waals surface area contributed by atoms with Gasteiger partial charge < -0.3 is 10.2 Å². The van der Waals surface area contributed by atoms with Crippen LogP contribution in [0.3, 0.4) is 0 Å². The first-order valence-electron chi connectivity index (χ1n) is 7.45. The van der Waals surface area contributed by atoms with Gasteiger partial charge in [-0.1, -0.05) is 39.3 Å².